The number of rotatable bonds is 2. The second-order valence-electron chi connectivity index (χ2n) is 8.68. The third-order valence-electron chi connectivity index (χ3n) is 6.77. The minimum atomic E-state index is -0.398. The minimum Gasteiger partial charge on any atom is -0.0843 e. The van der Waals surface area contributed by atoms with Crippen molar-refractivity contribution < 1.29 is 6.85 Å². The van der Waals surface area contributed by atoms with Gasteiger partial charge >= 0.3 is 0 Å². The SMILES string of the molecule is [2H]c1c([2H])c([2H])c(-c2c3ccccc3c(-c3cc4ccccc4c4cc(Cl)ccc34)c3ccccc23)c([2H])c1[2H]. The number of benzene rings is 7. The zero-order valence-electron chi connectivity index (χ0n) is 23.6. The molecule has 7 rings (SSSR count). The van der Waals surface area contributed by atoms with Crippen LogP contribution in [0.5, 0.6) is 0 Å². The lowest BCUT2D eigenvalue weighted by Gasteiger charge is -2.19. The van der Waals surface area contributed by atoms with Crippen LogP contribution in [0.1, 0.15) is 6.85 Å². The maximum atomic E-state index is 8.77. The van der Waals surface area contributed by atoms with Gasteiger partial charge in [-0.15, -0.1) is 0 Å². The third kappa shape index (κ3) is 3.15. The van der Waals surface area contributed by atoms with Gasteiger partial charge < -0.3 is 0 Å². The Kier molecular flexibility index (Phi) is 3.58. The monoisotopic (exact) mass is 469 g/mol. The van der Waals surface area contributed by atoms with Gasteiger partial charge in [0.05, 0.1) is 6.85 Å². The molecule has 0 radical (unpaired) electrons. The molecular weight excluding hydrogens is 444 g/mol. The number of hydrogen-bond donors (Lipinski definition) is 0. The molecule has 35 heavy (non-hydrogen) atoms. The molecule has 0 fully saturated rings. The summed E-state index contributed by atoms with van der Waals surface area (Å²) in [6.45, 7) is 0. The molecule has 0 heterocycles. The van der Waals surface area contributed by atoms with Gasteiger partial charge in [0.15, 0.2) is 0 Å². The molecule has 0 bridgehead atoms. The quantitative estimate of drug-likeness (QED) is 0.174. The molecule has 0 unspecified atom stereocenters. The predicted molar refractivity (Wildman–Crippen MR) is 152 cm³/mol. The molecule has 7 aromatic carbocycles. The Hall–Kier alpha value is -4.13. The summed E-state index contributed by atoms with van der Waals surface area (Å²) >= 11 is 6.48. The van der Waals surface area contributed by atoms with Crippen LogP contribution in [-0.4, -0.2) is 0 Å². The summed E-state index contributed by atoms with van der Waals surface area (Å²) in [5, 5.41) is 8.53. The Balaban J connectivity index is 1.72. The van der Waals surface area contributed by atoms with Crippen LogP contribution in [0.2, 0.25) is 5.02 Å². The lowest BCUT2D eigenvalue weighted by Crippen LogP contribution is -1.92. The first-order valence-corrected chi connectivity index (χ1v) is 11.9. The van der Waals surface area contributed by atoms with E-state index in [-0.39, 0.29) is 29.7 Å². The van der Waals surface area contributed by atoms with Crippen molar-refractivity contribution in [1.82, 2.24) is 0 Å². The van der Waals surface area contributed by atoms with Crippen LogP contribution in [0.25, 0.3) is 65.3 Å². The fourth-order valence-corrected chi connectivity index (χ4v) is 5.52. The zero-order valence-corrected chi connectivity index (χ0v) is 19.4. The van der Waals surface area contributed by atoms with Gasteiger partial charge in [0.1, 0.15) is 0 Å². The van der Waals surface area contributed by atoms with Crippen molar-refractivity contribution in [2.45, 2.75) is 0 Å². The second kappa shape index (κ2) is 7.98. The van der Waals surface area contributed by atoms with E-state index >= 15 is 0 Å². The first-order valence-electron chi connectivity index (χ1n) is 14.0. The largest absolute Gasteiger partial charge is 0.0843 e. The Labute approximate surface area is 216 Å². The first kappa shape index (κ1) is 15.7. The van der Waals surface area contributed by atoms with E-state index in [2.05, 4.69) is 24.3 Å². The van der Waals surface area contributed by atoms with Crippen LogP contribution < -0.4 is 0 Å². The lowest BCUT2D eigenvalue weighted by atomic mass is 9.84. The number of halogens is 1. The van der Waals surface area contributed by atoms with Crippen LogP contribution in [0.3, 0.4) is 0 Å². The van der Waals surface area contributed by atoms with Gasteiger partial charge in [-0.1, -0.05) is 121 Å². The Morgan fingerprint density at radius 3 is 1.71 bits per heavy atom. The molecule has 0 saturated carbocycles. The molecule has 1 heteroatoms. The van der Waals surface area contributed by atoms with Gasteiger partial charge in [-0.25, -0.2) is 0 Å². The highest BCUT2D eigenvalue weighted by Gasteiger charge is 2.18. The molecular formula is C34H21Cl. The number of hydrogen-bond acceptors (Lipinski definition) is 0. The summed E-state index contributed by atoms with van der Waals surface area (Å²) in [6, 6.07) is 30.8. The summed E-state index contributed by atoms with van der Waals surface area (Å²) in [6.07, 6.45) is 0. The van der Waals surface area contributed by atoms with Crippen LogP contribution in [-0.2, 0) is 0 Å². The minimum absolute atomic E-state index is 0.208. The van der Waals surface area contributed by atoms with Crippen LogP contribution in [0.4, 0.5) is 0 Å². The molecule has 0 atom stereocenters. The highest BCUT2D eigenvalue weighted by molar-refractivity contribution is 6.32. The van der Waals surface area contributed by atoms with Crippen molar-refractivity contribution in [3.8, 4) is 22.3 Å². The fraction of sp³-hybridized carbons (Fsp3) is 0. The van der Waals surface area contributed by atoms with Gasteiger partial charge in [-0.2, -0.15) is 0 Å². The van der Waals surface area contributed by atoms with Crippen molar-refractivity contribution in [3.05, 3.63) is 132 Å². The second-order valence-corrected chi connectivity index (χ2v) is 9.11. The third-order valence-corrected chi connectivity index (χ3v) is 7.01. The highest BCUT2D eigenvalue weighted by atomic mass is 35.5. The molecule has 7 aromatic rings. The summed E-state index contributed by atoms with van der Waals surface area (Å²) in [4.78, 5) is 0. The maximum Gasteiger partial charge on any atom is 0.0629 e. The lowest BCUT2D eigenvalue weighted by molar-refractivity contribution is 1.67. The van der Waals surface area contributed by atoms with E-state index in [1.54, 1.807) is 0 Å². The average Bonchev–Trinajstić information content (AvgIpc) is 2.98. The van der Waals surface area contributed by atoms with E-state index in [0.29, 0.717) is 10.6 Å². The van der Waals surface area contributed by atoms with E-state index in [4.69, 9.17) is 18.5 Å². The molecule has 0 amide bonds. The molecule has 0 N–H and O–H groups in total. The summed E-state index contributed by atoms with van der Waals surface area (Å²) in [5.74, 6) is 0. The van der Waals surface area contributed by atoms with E-state index in [1.807, 2.05) is 72.8 Å². The summed E-state index contributed by atoms with van der Waals surface area (Å²) in [7, 11) is 0. The highest BCUT2D eigenvalue weighted by Crippen LogP contribution is 2.46. The molecule has 0 saturated heterocycles. The normalized spacial score (nSPS) is 13.6. The first-order chi connectivity index (χ1) is 19.4. The maximum absolute atomic E-state index is 8.77. The molecule has 0 spiro atoms. The molecule has 0 nitrogen and oxygen atoms in total. The topological polar surface area (TPSA) is 0 Å². The van der Waals surface area contributed by atoms with Crippen molar-refractivity contribution in [3.63, 3.8) is 0 Å². The van der Waals surface area contributed by atoms with Gasteiger partial charge in [0.2, 0.25) is 0 Å². The van der Waals surface area contributed by atoms with Gasteiger partial charge in [0, 0.05) is 5.02 Å². The molecule has 0 aliphatic heterocycles. The van der Waals surface area contributed by atoms with E-state index in [1.165, 1.54) is 0 Å². The van der Waals surface area contributed by atoms with Crippen LogP contribution in [0.15, 0.2) is 127 Å². The van der Waals surface area contributed by atoms with E-state index in [9.17, 15) is 0 Å². The van der Waals surface area contributed by atoms with Crippen molar-refractivity contribution in [2.75, 3.05) is 0 Å². The van der Waals surface area contributed by atoms with Crippen LogP contribution >= 0.6 is 11.6 Å². The standard InChI is InChI=1S/C34H21Cl/c35-24-18-19-26-31(21-24)25-13-5-4-12-23(25)20-32(26)34-29-16-8-6-14-27(29)33(22-10-2-1-3-11-22)28-15-7-9-17-30(28)34/h1-21H/i1D,2D,3D,10D,11D. The Bertz CT molecular complexity index is 2100. The van der Waals surface area contributed by atoms with Gasteiger partial charge in [-0.3, -0.25) is 0 Å². The average molecular weight is 470 g/mol. The van der Waals surface area contributed by atoms with Crippen LogP contribution in [0, 0.1) is 0 Å². The van der Waals surface area contributed by atoms with Gasteiger partial charge in [0.25, 0.3) is 0 Å². The smallest absolute Gasteiger partial charge is 0.0629 e. The Morgan fingerprint density at radius 2 is 1.06 bits per heavy atom. The fourth-order valence-electron chi connectivity index (χ4n) is 5.35. The molecule has 0 aromatic heterocycles. The summed E-state index contributed by atoms with van der Waals surface area (Å²) < 4.78 is 42.4. The summed E-state index contributed by atoms with van der Waals surface area (Å²) in [5.41, 5.74) is 2.92. The molecule has 164 valence electrons. The van der Waals surface area contributed by atoms with Gasteiger partial charge in [-0.05, 0) is 83.5 Å². The van der Waals surface area contributed by atoms with Crippen molar-refractivity contribution in [2.24, 2.45) is 0 Å². The number of fused-ring (bicyclic) bond motifs is 5. The van der Waals surface area contributed by atoms with E-state index < -0.39 is 6.04 Å². The van der Waals surface area contributed by atoms with Crippen molar-refractivity contribution in [1.29, 1.82) is 0 Å². The van der Waals surface area contributed by atoms with Crippen molar-refractivity contribution >= 4 is 54.7 Å². The predicted octanol–water partition coefficient (Wildman–Crippen LogP) is 10.3. The van der Waals surface area contributed by atoms with E-state index in [0.717, 1.165) is 54.2 Å². The molecule has 0 aliphatic rings. The molecule has 0 aliphatic carbocycles. The zero-order chi connectivity index (χ0) is 27.7. The Morgan fingerprint density at radius 1 is 0.486 bits per heavy atom.